The van der Waals surface area contributed by atoms with Gasteiger partial charge in [0.1, 0.15) is 5.82 Å². The third-order valence-corrected chi connectivity index (χ3v) is 3.82. The lowest BCUT2D eigenvalue weighted by molar-refractivity contribution is -0.140. The van der Waals surface area contributed by atoms with Gasteiger partial charge in [-0.15, -0.1) is 11.3 Å². The van der Waals surface area contributed by atoms with Gasteiger partial charge in [0.15, 0.2) is 5.13 Å². The number of aromatic nitrogens is 1. The highest BCUT2D eigenvalue weighted by Gasteiger charge is 2.10. The normalized spacial score (nSPS) is 10.3. The van der Waals surface area contributed by atoms with Crippen molar-refractivity contribution in [2.24, 2.45) is 0 Å². The van der Waals surface area contributed by atoms with Crippen molar-refractivity contribution in [3.05, 3.63) is 41.2 Å². The number of hydrogen-bond acceptors (Lipinski definition) is 5. The molecule has 0 atom stereocenters. The topological polar surface area (TPSA) is 42.4 Å². The predicted molar refractivity (Wildman–Crippen MR) is 76.9 cm³/mol. The summed E-state index contributed by atoms with van der Waals surface area (Å²) in [6.45, 7) is 0. The number of hydrogen-bond donors (Lipinski definition) is 0. The summed E-state index contributed by atoms with van der Waals surface area (Å²) in [7, 11) is 3.24. The summed E-state index contributed by atoms with van der Waals surface area (Å²) in [6.07, 6.45) is 0.875. The molecule has 0 aliphatic rings. The average molecular weight is 294 g/mol. The van der Waals surface area contributed by atoms with Gasteiger partial charge in [0.05, 0.1) is 19.2 Å². The second kappa shape index (κ2) is 6.47. The lowest BCUT2D eigenvalue weighted by atomic mass is 10.2. The molecular formula is C14H15FN2O2S. The van der Waals surface area contributed by atoms with Gasteiger partial charge in [-0.1, -0.05) is 0 Å². The van der Waals surface area contributed by atoms with Crippen LogP contribution in [0.25, 0.3) is 0 Å². The van der Waals surface area contributed by atoms with Crippen LogP contribution < -0.4 is 4.90 Å². The summed E-state index contributed by atoms with van der Waals surface area (Å²) in [5.41, 5.74) is 1.71. The first-order chi connectivity index (χ1) is 9.60. The SMILES string of the molecule is COC(=O)CCc1csc(N(C)c2ccc(F)cc2)n1. The van der Waals surface area contributed by atoms with E-state index >= 15 is 0 Å². The lowest BCUT2D eigenvalue weighted by Crippen LogP contribution is -2.09. The summed E-state index contributed by atoms with van der Waals surface area (Å²) in [6, 6.07) is 6.23. The molecule has 4 nitrogen and oxygen atoms in total. The van der Waals surface area contributed by atoms with Gasteiger partial charge in [-0.25, -0.2) is 9.37 Å². The zero-order valence-electron chi connectivity index (χ0n) is 11.3. The minimum Gasteiger partial charge on any atom is -0.469 e. The molecule has 0 fully saturated rings. The number of esters is 1. The van der Waals surface area contributed by atoms with Crippen molar-refractivity contribution >= 4 is 28.1 Å². The molecule has 106 valence electrons. The summed E-state index contributed by atoms with van der Waals surface area (Å²) in [4.78, 5) is 17.4. The Morgan fingerprint density at radius 1 is 1.40 bits per heavy atom. The van der Waals surface area contributed by atoms with Crippen LogP contribution in [0.3, 0.4) is 0 Å². The zero-order chi connectivity index (χ0) is 14.5. The standard InChI is InChI=1S/C14H15FN2O2S/c1-17(12-6-3-10(15)4-7-12)14-16-11(9-20-14)5-8-13(18)19-2/h3-4,6-7,9H,5,8H2,1-2H3. The molecule has 20 heavy (non-hydrogen) atoms. The molecule has 0 radical (unpaired) electrons. The molecule has 1 aromatic carbocycles. The fraction of sp³-hybridized carbons (Fsp3) is 0.286. The Hall–Kier alpha value is -1.95. The molecule has 1 heterocycles. The Balaban J connectivity index is 2.04. The molecule has 0 spiro atoms. The monoisotopic (exact) mass is 294 g/mol. The number of thiazole rings is 1. The molecular weight excluding hydrogens is 279 g/mol. The third kappa shape index (κ3) is 3.54. The number of rotatable bonds is 5. The number of halogens is 1. The number of carbonyl (C=O) groups is 1. The number of benzene rings is 1. The first-order valence-electron chi connectivity index (χ1n) is 6.10. The number of methoxy groups -OCH3 is 1. The van der Waals surface area contributed by atoms with E-state index in [-0.39, 0.29) is 11.8 Å². The van der Waals surface area contributed by atoms with Gasteiger partial charge in [0.2, 0.25) is 0 Å². The average Bonchev–Trinajstić information content (AvgIpc) is 2.93. The Kier molecular flexibility index (Phi) is 4.68. The molecule has 0 saturated heterocycles. The molecule has 0 amide bonds. The third-order valence-electron chi connectivity index (χ3n) is 2.85. The van der Waals surface area contributed by atoms with Crippen LogP contribution >= 0.6 is 11.3 Å². The van der Waals surface area contributed by atoms with E-state index < -0.39 is 0 Å². The van der Waals surface area contributed by atoms with Crippen LogP contribution in [0.4, 0.5) is 15.2 Å². The summed E-state index contributed by atoms with van der Waals surface area (Å²) in [5.74, 6) is -0.508. The van der Waals surface area contributed by atoms with Crippen molar-refractivity contribution in [2.75, 3.05) is 19.1 Å². The first kappa shape index (κ1) is 14.5. The first-order valence-corrected chi connectivity index (χ1v) is 6.98. The number of ether oxygens (including phenoxy) is 1. The minimum atomic E-state index is -0.264. The lowest BCUT2D eigenvalue weighted by Gasteiger charge is -2.15. The molecule has 0 aliphatic carbocycles. The van der Waals surface area contributed by atoms with Gasteiger partial charge >= 0.3 is 5.97 Å². The second-order valence-corrected chi connectivity index (χ2v) is 5.07. The van der Waals surface area contributed by atoms with E-state index in [0.29, 0.717) is 12.8 Å². The highest BCUT2D eigenvalue weighted by molar-refractivity contribution is 7.13. The van der Waals surface area contributed by atoms with Crippen LogP contribution in [0.2, 0.25) is 0 Å². The molecule has 2 aromatic rings. The van der Waals surface area contributed by atoms with E-state index in [1.165, 1.54) is 30.6 Å². The molecule has 1 aromatic heterocycles. The van der Waals surface area contributed by atoms with Gasteiger partial charge in [0, 0.05) is 24.5 Å². The van der Waals surface area contributed by atoms with Crippen molar-refractivity contribution in [3.63, 3.8) is 0 Å². The Bertz CT molecular complexity index is 583. The minimum absolute atomic E-state index is 0.244. The molecule has 0 aliphatic heterocycles. The van der Waals surface area contributed by atoms with Crippen molar-refractivity contribution in [3.8, 4) is 0 Å². The van der Waals surface area contributed by atoms with E-state index in [1.54, 1.807) is 12.1 Å². The number of nitrogens with zero attached hydrogens (tertiary/aromatic N) is 2. The maximum absolute atomic E-state index is 12.9. The van der Waals surface area contributed by atoms with Crippen LogP contribution in [0.1, 0.15) is 12.1 Å². The summed E-state index contributed by atoms with van der Waals surface area (Å²) in [5, 5.41) is 2.72. The van der Waals surface area contributed by atoms with Crippen LogP contribution in [0.5, 0.6) is 0 Å². The molecule has 2 rings (SSSR count). The smallest absolute Gasteiger partial charge is 0.305 e. The largest absolute Gasteiger partial charge is 0.469 e. The van der Waals surface area contributed by atoms with Crippen molar-refractivity contribution in [1.82, 2.24) is 4.98 Å². The van der Waals surface area contributed by atoms with Gasteiger partial charge in [-0.2, -0.15) is 0 Å². The van der Waals surface area contributed by atoms with E-state index in [9.17, 15) is 9.18 Å². The highest BCUT2D eigenvalue weighted by Crippen LogP contribution is 2.27. The predicted octanol–water partition coefficient (Wildman–Crippen LogP) is 3.16. The van der Waals surface area contributed by atoms with E-state index in [1.807, 2.05) is 17.3 Å². The molecule has 0 N–H and O–H groups in total. The van der Waals surface area contributed by atoms with Crippen molar-refractivity contribution in [2.45, 2.75) is 12.8 Å². The van der Waals surface area contributed by atoms with Crippen LogP contribution in [-0.2, 0) is 16.0 Å². The Labute approximate surface area is 120 Å². The summed E-state index contributed by atoms with van der Waals surface area (Å²) >= 11 is 1.48. The Morgan fingerprint density at radius 2 is 2.10 bits per heavy atom. The van der Waals surface area contributed by atoms with Crippen LogP contribution in [0.15, 0.2) is 29.6 Å². The van der Waals surface area contributed by atoms with Gasteiger partial charge in [0.25, 0.3) is 0 Å². The molecule has 0 bridgehead atoms. The second-order valence-electron chi connectivity index (χ2n) is 4.23. The van der Waals surface area contributed by atoms with E-state index in [0.717, 1.165) is 16.5 Å². The van der Waals surface area contributed by atoms with Gasteiger partial charge < -0.3 is 9.64 Å². The highest BCUT2D eigenvalue weighted by atomic mass is 32.1. The molecule has 6 heteroatoms. The number of aryl methyl sites for hydroxylation is 1. The van der Waals surface area contributed by atoms with Crippen molar-refractivity contribution < 1.29 is 13.9 Å². The molecule has 0 unspecified atom stereocenters. The van der Waals surface area contributed by atoms with E-state index in [4.69, 9.17) is 0 Å². The van der Waals surface area contributed by atoms with Crippen molar-refractivity contribution in [1.29, 1.82) is 0 Å². The molecule has 0 saturated carbocycles. The summed E-state index contributed by atoms with van der Waals surface area (Å²) < 4.78 is 17.5. The van der Waals surface area contributed by atoms with E-state index in [2.05, 4.69) is 9.72 Å². The quantitative estimate of drug-likeness (QED) is 0.794. The van der Waals surface area contributed by atoms with Crippen LogP contribution in [0, 0.1) is 5.82 Å². The maximum Gasteiger partial charge on any atom is 0.305 e. The fourth-order valence-electron chi connectivity index (χ4n) is 1.67. The fourth-order valence-corrected chi connectivity index (χ4v) is 2.52. The van der Waals surface area contributed by atoms with Gasteiger partial charge in [-0.05, 0) is 24.3 Å². The maximum atomic E-state index is 12.9. The number of carbonyl (C=O) groups excluding carboxylic acids is 1. The van der Waals surface area contributed by atoms with Gasteiger partial charge in [-0.3, -0.25) is 4.79 Å². The van der Waals surface area contributed by atoms with Crippen LogP contribution in [-0.4, -0.2) is 25.1 Å². The number of anilines is 2. The Morgan fingerprint density at radius 3 is 2.75 bits per heavy atom. The zero-order valence-corrected chi connectivity index (χ0v) is 12.1.